The van der Waals surface area contributed by atoms with E-state index in [2.05, 4.69) is 28.0 Å². The van der Waals surface area contributed by atoms with Crippen LogP contribution in [0.5, 0.6) is 5.75 Å². The van der Waals surface area contributed by atoms with Gasteiger partial charge in [-0.05, 0) is 53.6 Å². The number of hydrogen-bond donors (Lipinski definition) is 0. The van der Waals surface area contributed by atoms with Crippen molar-refractivity contribution in [3.05, 3.63) is 94.8 Å². The molecule has 1 fully saturated rings. The monoisotopic (exact) mass is 492 g/mol. The van der Waals surface area contributed by atoms with Gasteiger partial charge in [-0.3, -0.25) is 4.90 Å². The molecule has 0 amide bonds. The van der Waals surface area contributed by atoms with Crippen LogP contribution in [0.2, 0.25) is 0 Å². The highest BCUT2D eigenvalue weighted by molar-refractivity contribution is 7.99. The first-order chi connectivity index (χ1) is 17.1. The van der Waals surface area contributed by atoms with E-state index in [1.54, 1.807) is 6.07 Å². The molecule has 1 atom stereocenters. The van der Waals surface area contributed by atoms with Gasteiger partial charge in [-0.2, -0.15) is 0 Å². The van der Waals surface area contributed by atoms with Crippen LogP contribution in [0.1, 0.15) is 32.3 Å². The highest BCUT2D eigenvalue weighted by atomic mass is 32.2. The standard InChI is InChI=1S/C28H29FN2O3S/c1-33-28(32)20-6-11-26-25(18-20)27(24-5-3-2-4-21(24)19-34-26)35-17-16-30-12-14-31(15-13-30)23-9-7-22(29)8-10-23/h2-11,18,27H,12-17,19H2,1H3. The zero-order chi connectivity index (χ0) is 24.2. The molecule has 1 unspecified atom stereocenters. The zero-order valence-electron chi connectivity index (χ0n) is 19.8. The van der Waals surface area contributed by atoms with Crippen LogP contribution in [0.15, 0.2) is 66.7 Å². The van der Waals surface area contributed by atoms with Crippen LogP contribution >= 0.6 is 11.8 Å². The maximum Gasteiger partial charge on any atom is 0.337 e. The van der Waals surface area contributed by atoms with Gasteiger partial charge in [0.2, 0.25) is 0 Å². The Hall–Kier alpha value is -3.03. The first kappa shape index (κ1) is 23.7. The molecule has 0 radical (unpaired) electrons. The summed E-state index contributed by atoms with van der Waals surface area (Å²) in [5.74, 6) is 1.24. The van der Waals surface area contributed by atoms with E-state index in [9.17, 15) is 9.18 Å². The van der Waals surface area contributed by atoms with Gasteiger partial charge in [-0.15, -0.1) is 11.8 Å². The van der Waals surface area contributed by atoms with Crippen molar-refractivity contribution in [3.8, 4) is 5.75 Å². The molecule has 0 saturated carbocycles. The van der Waals surface area contributed by atoms with E-state index in [0.29, 0.717) is 12.2 Å². The zero-order valence-corrected chi connectivity index (χ0v) is 20.6. The Morgan fingerprint density at radius 3 is 2.57 bits per heavy atom. The van der Waals surface area contributed by atoms with E-state index in [1.807, 2.05) is 42.1 Å². The molecule has 3 aromatic rings. The Morgan fingerprint density at radius 2 is 1.80 bits per heavy atom. The Balaban J connectivity index is 1.27. The average molecular weight is 493 g/mol. The van der Waals surface area contributed by atoms with E-state index in [-0.39, 0.29) is 17.0 Å². The quantitative estimate of drug-likeness (QED) is 0.444. The summed E-state index contributed by atoms with van der Waals surface area (Å²) in [6, 6.07) is 20.7. The molecule has 2 aliphatic rings. The normalized spacial score (nSPS) is 17.7. The minimum absolute atomic E-state index is 0.0776. The highest BCUT2D eigenvalue weighted by Crippen LogP contribution is 2.44. The van der Waals surface area contributed by atoms with E-state index >= 15 is 0 Å². The lowest BCUT2D eigenvalue weighted by molar-refractivity contribution is 0.0600. The molecule has 1 saturated heterocycles. The number of halogens is 1. The Labute approximate surface area is 209 Å². The fourth-order valence-electron chi connectivity index (χ4n) is 4.73. The Morgan fingerprint density at radius 1 is 1.03 bits per heavy atom. The van der Waals surface area contributed by atoms with Gasteiger partial charge in [0.25, 0.3) is 0 Å². The van der Waals surface area contributed by atoms with Crippen molar-refractivity contribution in [1.29, 1.82) is 0 Å². The lowest BCUT2D eigenvalue weighted by Crippen LogP contribution is -2.47. The van der Waals surface area contributed by atoms with Crippen molar-refractivity contribution in [1.82, 2.24) is 4.90 Å². The number of nitrogens with zero attached hydrogens (tertiary/aromatic N) is 2. The second-order valence-corrected chi connectivity index (χ2v) is 10.0. The molecule has 5 nitrogen and oxygen atoms in total. The molecule has 5 rings (SSSR count). The van der Waals surface area contributed by atoms with Gasteiger partial charge in [-0.25, -0.2) is 9.18 Å². The number of anilines is 1. The molecule has 3 aromatic carbocycles. The van der Waals surface area contributed by atoms with Gasteiger partial charge >= 0.3 is 5.97 Å². The number of ether oxygens (including phenoxy) is 2. The maximum absolute atomic E-state index is 13.2. The third-order valence-electron chi connectivity index (χ3n) is 6.69. The number of carbonyl (C=O) groups is 1. The molecule has 0 aliphatic carbocycles. The molecule has 182 valence electrons. The summed E-state index contributed by atoms with van der Waals surface area (Å²) in [7, 11) is 1.40. The summed E-state index contributed by atoms with van der Waals surface area (Å²) in [5.41, 5.74) is 5.04. The number of methoxy groups -OCH3 is 1. The van der Waals surface area contributed by atoms with Gasteiger partial charge in [0.05, 0.1) is 17.9 Å². The predicted molar refractivity (Wildman–Crippen MR) is 138 cm³/mol. The smallest absolute Gasteiger partial charge is 0.337 e. The Bertz CT molecular complexity index is 1180. The molecule has 35 heavy (non-hydrogen) atoms. The van der Waals surface area contributed by atoms with E-state index in [4.69, 9.17) is 9.47 Å². The van der Waals surface area contributed by atoms with Crippen LogP contribution in [0.25, 0.3) is 0 Å². The molecule has 0 aromatic heterocycles. The number of fused-ring (bicyclic) bond motifs is 2. The van der Waals surface area contributed by atoms with Crippen molar-refractivity contribution in [2.75, 3.05) is 50.5 Å². The first-order valence-electron chi connectivity index (χ1n) is 11.9. The average Bonchev–Trinajstić information content (AvgIpc) is 3.06. The van der Waals surface area contributed by atoms with Gasteiger partial charge in [0.15, 0.2) is 0 Å². The fourth-order valence-corrected chi connectivity index (χ4v) is 6.11. The minimum Gasteiger partial charge on any atom is -0.489 e. The number of thioether (sulfide) groups is 1. The second kappa shape index (κ2) is 10.7. The number of rotatable bonds is 6. The highest BCUT2D eigenvalue weighted by Gasteiger charge is 2.27. The molecule has 2 aliphatic heterocycles. The molecular weight excluding hydrogens is 463 g/mol. The Kier molecular flexibility index (Phi) is 7.25. The van der Waals surface area contributed by atoms with Crippen LogP contribution in [0.4, 0.5) is 10.1 Å². The molecular formula is C28H29FN2O3S. The summed E-state index contributed by atoms with van der Waals surface area (Å²) in [4.78, 5) is 17.0. The van der Waals surface area contributed by atoms with Crippen LogP contribution in [-0.2, 0) is 11.3 Å². The van der Waals surface area contributed by atoms with Gasteiger partial charge in [0, 0.05) is 49.7 Å². The molecule has 0 N–H and O–H groups in total. The summed E-state index contributed by atoms with van der Waals surface area (Å²) < 4.78 is 24.3. The largest absolute Gasteiger partial charge is 0.489 e. The number of hydrogen-bond acceptors (Lipinski definition) is 6. The lowest BCUT2D eigenvalue weighted by Gasteiger charge is -2.36. The third-order valence-corrected chi connectivity index (χ3v) is 7.95. The van der Waals surface area contributed by atoms with Gasteiger partial charge in [0.1, 0.15) is 18.2 Å². The molecule has 2 heterocycles. The second-order valence-electron chi connectivity index (χ2n) is 8.79. The molecule has 0 bridgehead atoms. The summed E-state index contributed by atoms with van der Waals surface area (Å²) in [5, 5.41) is 0.0776. The van der Waals surface area contributed by atoms with Gasteiger partial charge < -0.3 is 14.4 Å². The number of carbonyl (C=O) groups excluding carboxylic acids is 1. The third kappa shape index (κ3) is 5.31. The van der Waals surface area contributed by atoms with Crippen molar-refractivity contribution in [3.63, 3.8) is 0 Å². The SMILES string of the molecule is COC(=O)c1ccc2c(c1)C(SCCN1CCN(c3ccc(F)cc3)CC1)c1ccccc1CO2. The number of benzene rings is 3. The van der Waals surface area contributed by atoms with E-state index in [0.717, 1.165) is 55.5 Å². The number of esters is 1. The molecule has 0 spiro atoms. The predicted octanol–water partition coefficient (Wildman–Crippen LogP) is 5.15. The van der Waals surface area contributed by atoms with Crippen LogP contribution in [0, 0.1) is 5.82 Å². The summed E-state index contributed by atoms with van der Waals surface area (Å²) in [6.45, 7) is 5.32. The van der Waals surface area contributed by atoms with E-state index < -0.39 is 0 Å². The van der Waals surface area contributed by atoms with Crippen LogP contribution < -0.4 is 9.64 Å². The lowest BCUT2D eigenvalue weighted by atomic mass is 9.98. The van der Waals surface area contributed by atoms with Crippen molar-refractivity contribution >= 4 is 23.4 Å². The maximum atomic E-state index is 13.2. The molecule has 7 heteroatoms. The number of piperazine rings is 1. The first-order valence-corrected chi connectivity index (χ1v) is 12.9. The minimum atomic E-state index is -0.340. The van der Waals surface area contributed by atoms with Crippen molar-refractivity contribution in [2.24, 2.45) is 0 Å². The topological polar surface area (TPSA) is 42.0 Å². The van der Waals surface area contributed by atoms with Crippen molar-refractivity contribution < 1.29 is 18.7 Å². The van der Waals surface area contributed by atoms with Crippen molar-refractivity contribution in [2.45, 2.75) is 11.9 Å². The van der Waals surface area contributed by atoms with Gasteiger partial charge in [-0.1, -0.05) is 24.3 Å². The fraction of sp³-hybridized carbons (Fsp3) is 0.321. The summed E-state index contributed by atoms with van der Waals surface area (Å²) >= 11 is 1.89. The summed E-state index contributed by atoms with van der Waals surface area (Å²) in [6.07, 6.45) is 0. The van der Waals surface area contributed by atoms with E-state index in [1.165, 1.54) is 30.4 Å². The van der Waals surface area contributed by atoms with Crippen LogP contribution in [-0.4, -0.2) is 56.5 Å². The van der Waals surface area contributed by atoms with Crippen LogP contribution in [0.3, 0.4) is 0 Å².